The molecule has 3 N–H and O–H groups in total. The summed E-state index contributed by atoms with van der Waals surface area (Å²) in [6.45, 7) is 2.51. The van der Waals surface area contributed by atoms with Gasteiger partial charge >= 0.3 is 0 Å². The molecule has 0 radical (unpaired) electrons. The van der Waals surface area contributed by atoms with Crippen molar-refractivity contribution in [1.29, 1.82) is 0 Å². The van der Waals surface area contributed by atoms with E-state index in [1.165, 1.54) is 0 Å². The summed E-state index contributed by atoms with van der Waals surface area (Å²) in [5.41, 5.74) is 2.62. The van der Waals surface area contributed by atoms with Crippen LogP contribution in [0.4, 0.5) is 0 Å². The fourth-order valence-corrected chi connectivity index (χ4v) is 2.58. The maximum atomic E-state index is 12.4. The van der Waals surface area contributed by atoms with Gasteiger partial charge in [-0.25, -0.2) is 0 Å². The fraction of sp³-hybridized carbons (Fsp3) is 0.235. The van der Waals surface area contributed by atoms with Crippen LogP contribution in [0.5, 0.6) is 0 Å². The molecule has 0 spiro atoms. The lowest BCUT2D eigenvalue weighted by Crippen LogP contribution is -2.95. The van der Waals surface area contributed by atoms with Crippen LogP contribution in [0.15, 0.2) is 54.6 Å². The molecule has 122 valence electrons. The Kier molecular flexibility index (Phi) is 6.31. The Morgan fingerprint density at radius 2 is 1.83 bits per heavy atom. The molecule has 0 saturated heterocycles. The van der Waals surface area contributed by atoms with Gasteiger partial charge in [0.15, 0.2) is 0 Å². The van der Waals surface area contributed by atoms with Crippen molar-refractivity contribution in [3.05, 3.63) is 71.3 Å². The first-order chi connectivity index (χ1) is 10.9. The topological polar surface area (TPSA) is 45.7 Å². The number of rotatable bonds is 5. The van der Waals surface area contributed by atoms with Gasteiger partial charge in [0.25, 0.3) is 9.70 Å². The van der Waals surface area contributed by atoms with Crippen molar-refractivity contribution in [2.45, 2.75) is 23.4 Å². The smallest absolute Gasteiger partial charge is 0.262 e. The molecule has 0 bridgehead atoms. The van der Waals surface area contributed by atoms with Crippen molar-refractivity contribution >= 4 is 40.7 Å². The molecule has 0 aromatic heterocycles. The SMILES string of the molecule is Cc1cccc(C(=O)N[C@H]([NH2+]Cc2ccccc2)C(Cl)(Cl)Cl)c1. The molecule has 23 heavy (non-hydrogen) atoms. The molecule has 1 atom stereocenters. The first kappa shape index (κ1) is 18.1. The molecular formula is C17H18Cl3N2O+. The summed E-state index contributed by atoms with van der Waals surface area (Å²) >= 11 is 18.0. The molecule has 6 heteroatoms. The highest BCUT2D eigenvalue weighted by molar-refractivity contribution is 6.68. The van der Waals surface area contributed by atoms with E-state index >= 15 is 0 Å². The highest BCUT2D eigenvalue weighted by Crippen LogP contribution is 2.27. The molecule has 0 aliphatic carbocycles. The van der Waals surface area contributed by atoms with E-state index in [9.17, 15) is 4.79 Å². The number of carbonyl (C=O) groups is 1. The normalized spacial score (nSPS) is 12.7. The summed E-state index contributed by atoms with van der Waals surface area (Å²) in [7, 11) is 0. The molecule has 2 aromatic rings. The molecular weight excluding hydrogens is 355 g/mol. The number of quaternary nitrogens is 1. The number of hydrogen-bond donors (Lipinski definition) is 2. The van der Waals surface area contributed by atoms with E-state index in [4.69, 9.17) is 34.8 Å². The molecule has 2 aromatic carbocycles. The van der Waals surface area contributed by atoms with Crippen LogP contribution in [0.3, 0.4) is 0 Å². The highest BCUT2D eigenvalue weighted by atomic mass is 35.6. The molecule has 1 amide bonds. The van der Waals surface area contributed by atoms with Gasteiger partial charge in [-0.05, 0) is 19.1 Å². The fourth-order valence-electron chi connectivity index (χ4n) is 2.15. The third-order valence-corrected chi connectivity index (χ3v) is 4.06. The van der Waals surface area contributed by atoms with Crippen LogP contribution in [-0.4, -0.2) is 15.9 Å². The lowest BCUT2D eigenvalue weighted by molar-refractivity contribution is -0.706. The standard InChI is InChI=1S/C17H17Cl3N2O/c1-12-6-5-9-14(10-12)15(23)22-16(17(18,19)20)21-11-13-7-3-2-4-8-13/h2-10,16,21H,11H2,1H3,(H,22,23)/p+1/t16-/m0/s1. The van der Waals surface area contributed by atoms with Gasteiger partial charge in [-0.3, -0.25) is 10.1 Å². The zero-order valence-electron chi connectivity index (χ0n) is 12.6. The van der Waals surface area contributed by atoms with E-state index in [0.29, 0.717) is 12.1 Å². The lowest BCUT2D eigenvalue weighted by Gasteiger charge is -2.23. The number of nitrogens with two attached hydrogens (primary N) is 1. The van der Waals surface area contributed by atoms with E-state index in [1.807, 2.05) is 49.4 Å². The number of halogens is 3. The van der Waals surface area contributed by atoms with Gasteiger partial charge in [0.05, 0.1) is 0 Å². The van der Waals surface area contributed by atoms with Gasteiger partial charge in [-0.2, -0.15) is 0 Å². The zero-order chi connectivity index (χ0) is 16.9. The maximum Gasteiger partial charge on any atom is 0.262 e. The second kappa shape index (κ2) is 8.02. The van der Waals surface area contributed by atoms with Crippen LogP contribution >= 0.6 is 34.8 Å². The van der Waals surface area contributed by atoms with Gasteiger partial charge in [0.1, 0.15) is 6.54 Å². The molecule has 0 aliphatic rings. The minimum absolute atomic E-state index is 0.269. The van der Waals surface area contributed by atoms with Crippen LogP contribution in [0, 0.1) is 6.92 Å². The predicted molar refractivity (Wildman–Crippen MR) is 94.8 cm³/mol. The Hall–Kier alpha value is -1.26. The Balaban J connectivity index is 2.05. The monoisotopic (exact) mass is 371 g/mol. The van der Waals surface area contributed by atoms with Crippen LogP contribution in [0.25, 0.3) is 0 Å². The highest BCUT2D eigenvalue weighted by Gasteiger charge is 2.37. The number of benzene rings is 2. The molecule has 0 heterocycles. The van der Waals surface area contributed by atoms with Crippen molar-refractivity contribution in [2.75, 3.05) is 0 Å². The van der Waals surface area contributed by atoms with Gasteiger partial charge in [-0.15, -0.1) is 0 Å². The van der Waals surface area contributed by atoms with Gasteiger partial charge in [0, 0.05) is 11.1 Å². The molecule has 0 fully saturated rings. The van der Waals surface area contributed by atoms with Gasteiger partial charge in [-0.1, -0.05) is 82.8 Å². The first-order valence-electron chi connectivity index (χ1n) is 7.18. The molecule has 0 unspecified atom stereocenters. The average molecular weight is 373 g/mol. The molecule has 2 rings (SSSR count). The van der Waals surface area contributed by atoms with Gasteiger partial charge < -0.3 is 5.32 Å². The average Bonchev–Trinajstić information content (AvgIpc) is 2.51. The third kappa shape index (κ3) is 5.70. The van der Waals surface area contributed by atoms with Crippen molar-refractivity contribution in [3.8, 4) is 0 Å². The van der Waals surface area contributed by atoms with E-state index in [0.717, 1.165) is 11.1 Å². The predicted octanol–water partition coefficient (Wildman–Crippen LogP) is 3.18. The van der Waals surface area contributed by atoms with Gasteiger partial charge in [0.2, 0.25) is 6.17 Å². The largest absolute Gasteiger partial charge is 0.319 e. The minimum atomic E-state index is -1.62. The summed E-state index contributed by atoms with van der Waals surface area (Å²) in [5, 5.41) is 4.58. The van der Waals surface area contributed by atoms with E-state index in [2.05, 4.69) is 5.32 Å². The van der Waals surface area contributed by atoms with Crippen molar-refractivity contribution in [3.63, 3.8) is 0 Å². The van der Waals surface area contributed by atoms with Crippen LogP contribution < -0.4 is 10.6 Å². The number of alkyl halides is 3. The van der Waals surface area contributed by atoms with Crippen LogP contribution in [0.2, 0.25) is 0 Å². The third-order valence-electron chi connectivity index (χ3n) is 3.35. The zero-order valence-corrected chi connectivity index (χ0v) is 14.9. The molecule has 0 aliphatic heterocycles. The first-order valence-corrected chi connectivity index (χ1v) is 8.31. The number of aryl methyl sites for hydroxylation is 1. The van der Waals surface area contributed by atoms with E-state index in [1.54, 1.807) is 17.4 Å². The lowest BCUT2D eigenvalue weighted by atomic mass is 10.1. The second-order valence-corrected chi connectivity index (χ2v) is 7.66. The minimum Gasteiger partial charge on any atom is -0.319 e. The van der Waals surface area contributed by atoms with Crippen LogP contribution in [0.1, 0.15) is 21.5 Å². The Morgan fingerprint density at radius 3 is 2.43 bits per heavy atom. The Bertz CT molecular complexity index is 656. The summed E-state index contributed by atoms with van der Waals surface area (Å²) in [4.78, 5) is 12.4. The Morgan fingerprint density at radius 1 is 1.13 bits per heavy atom. The number of carbonyl (C=O) groups excluding carboxylic acids is 1. The molecule has 3 nitrogen and oxygen atoms in total. The number of nitrogens with one attached hydrogen (secondary N) is 1. The summed E-state index contributed by atoms with van der Waals surface area (Å²) in [5.74, 6) is -0.269. The summed E-state index contributed by atoms with van der Waals surface area (Å²) in [6, 6.07) is 17.1. The quantitative estimate of drug-likeness (QED) is 0.614. The number of hydrogen-bond acceptors (Lipinski definition) is 1. The maximum absolute atomic E-state index is 12.4. The summed E-state index contributed by atoms with van der Waals surface area (Å²) in [6.07, 6.45) is -0.694. The van der Waals surface area contributed by atoms with E-state index in [-0.39, 0.29) is 5.91 Å². The summed E-state index contributed by atoms with van der Waals surface area (Å²) < 4.78 is -1.62. The van der Waals surface area contributed by atoms with Crippen molar-refractivity contribution in [2.24, 2.45) is 0 Å². The van der Waals surface area contributed by atoms with Crippen LogP contribution in [-0.2, 0) is 6.54 Å². The number of amides is 1. The van der Waals surface area contributed by atoms with Crippen molar-refractivity contribution < 1.29 is 10.1 Å². The second-order valence-electron chi connectivity index (χ2n) is 5.29. The molecule has 0 saturated carbocycles. The van der Waals surface area contributed by atoms with Crippen molar-refractivity contribution in [1.82, 2.24) is 5.32 Å². The van der Waals surface area contributed by atoms with E-state index < -0.39 is 9.96 Å². The Labute approximate surface area is 150 Å².